The van der Waals surface area contributed by atoms with E-state index in [0.29, 0.717) is 0 Å². The molecule has 1 rings (SSSR count). The van der Waals surface area contributed by atoms with Crippen LogP contribution in [-0.2, 0) is 0 Å². The molecule has 0 saturated heterocycles. The number of hydrogen-bond donors (Lipinski definition) is 1. The van der Waals surface area contributed by atoms with Gasteiger partial charge in [0.15, 0.2) is 0 Å². The lowest BCUT2D eigenvalue weighted by Crippen LogP contribution is -2.32. The van der Waals surface area contributed by atoms with E-state index in [1.54, 1.807) is 0 Å². The van der Waals surface area contributed by atoms with Gasteiger partial charge in [-0.25, -0.2) is 0 Å². The van der Waals surface area contributed by atoms with Crippen molar-refractivity contribution in [3.05, 3.63) is 0 Å². The van der Waals surface area contributed by atoms with Crippen LogP contribution in [0, 0.1) is 0 Å². The summed E-state index contributed by atoms with van der Waals surface area (Å²) in [5.74, 6) is 1.90. The van der Waals surface area contributed by atoms with Crippen LogP contribution >= 0.6 is 12.6 Å². The predicted octanol–water partition coefficient (Wildman–Crippen LogP) is 0.650. The van der Waals surface area contributed by atoms with E-state index in [0.717, 1.165) is 24.7 Å². The summed E-state index contributed by atoms with van der Waals surface area (Å²) in [5, 5.41) is 0. The second-order valence-corrected chi connectivity index (χ2v) is 2.55. The number of amidine groups is 1. The van der Waals surface area contributed by atoms with Gasteiger partial charge in [-0.1, -0.05) is 0 Å². The summed E-state index contributed by atoms with van der Waals surface area (Å²) in [6, 6.07) is 0. The number of hydrogen-bond acceptors (Lipinski definition) is 3. The molecular formula is C6H12N2S. The molecule has 0 radical (unpaired) electrons. The highest BCUT2D eigenvalue weighted by Crippen LogP contribution is 2.00. The van der Waals surface area contributed by atoms with Crippen molar-refractivity contribution in [2.45, 2.75) is 6.42 Å². The largest absolute Gasteiger partial charge is 0.363 e. The SMILES string of the molecule is CN1CCCN=C1CS. The molecule has 1 aliphatic heterocycles. The van der Waals surface area contributed by atoms with Crippen molar-refractivity contribution >= 4 is 18.5 Å². The fourth-order valence-electron chi connectivity index (χ4n) is 0.936. The van der Waals surface area contributed by atoms with Gasteiger partial charge in [-0.3, -0.25) is 4.99 Å². The van der Waals surface area contributed by atoms with E-state index in [1.165, 1.54) is 6.42 Å². The van der Waals surface area contributed by atoms with E-state index >= 15 is 0 Å². The van der Waals surface area contributed by atoms with Crippen molar-refractivity contribution in [1.29, 1.82) is 0 Å². The molecule has 0 spiro atoms. The summed E-state index contributed by atoms with van der Waals surface area (Å²) in [4.78, 5) is 6.46. The predicted molar refractivity (Wildman–Crippen MR) is 43.4 cm³/mol. The zero-order chi connectivity index (χ0) is 6.69. The zero-order valence-electron chi connectivity index (χ0n) is 5.67. The minimum absolute atomic E-state index is 0.774. The summed E-state index contributed by atoms with van der Waals surface area (Å²) in [5.41, 5.74) is 0. The third-order valence-electron chi connectivity index (χ3n) is 1.53. The molecule has 0 aromatic rings. The molecule has 3 heteroatoms. The lowest BCUT2D eigenvalue weighted by molar-refractivity contribution is 0.465. The minimum Gasteiger partial charge on any atom is -0.363 e. The molecule has 0 N–H and O–H groups in total. The molecule has 0 bridgehead atoms. The van der Waals surface area contributed by atoms with Gasteiger partial charge >= 0.3 is 0 Å². The van der Waals surface area contributed by atoms with Gasteiger partial charge in [0.1, 0.15) is 5.84 Å². The molecule has 0 saturated carbocycles. The molecule has 0 amide bonds. The van der Waals surface area contributed by atoms with E-state index in [4.69, 9.17) is 0 Å². The molecule has 0 aromatic carbocycles. The molecule has 9 heavy (non-hydrogen) atoms. The molecule has 52 valence electrons. The van der Waals surface area contributed by atoms with E-state index in [1.807, 2.05) is 0 Å². The Morgan fingerprint density at radius 3 is 3.00 bits per heavy atom. The number of thiol groups is 1. The van der Waals surface area contributed by atoms with E-state index in [-0.39, 0.29) is 0 Å². The molecular weight excluding hydrogens is 132 g/mol. The van der Waals surface area contributed by atoms with E-state index in [9.17, 15) is 0 Å². The number of aliphatic imine (C=N–C) groups is 1. The first-order valence-electron chi connectivity index (χ1n) is 3.20. The summed E-state index contributed by atoms with van der Waals surface area (Å²) in [6.07, 6.45) is 1.19. The highest BCUT2D eigenvalue weighted by molar-refractivity contribution is 7.81. The Labute approximate surface area is 61.4 Å². The van der Waals surface area contributed by atoms with Crippen molar-refractivity contribution < 1.29 is 0 Å². The van der Waals surface area contributed by atoms with Crippen LogP contribution in [0.25, 0.3) is 0 Å². The number of rotatable bonds is 1. The van der Waals surface area contributed by atoms with Gasteiger partial charge in [-0.05, 0) is 6.42 Å². The summed E-state index contributed by atoms with van der Waals surface area (Å²) in [7, 11) is 2.06. The Balaban J connectivity index is 2.53. The quantitative estimate of drug-likeness (QED) is 0.534. The molecule has 1 heterocycles. The fourth-order valence-corrected chi connectivity index (χ4v) is 1.28. The van der Waals surface area contributed by atoms with Crippen LogP contribution in [0.2, 0.25) is 0 Å². The van der Waals surface area contributed by atoms with Crippen LogP contribution in [0.1, 0.15) is 6.42 Å². The lowest BCUT2D eigenvalue weighted by atomic mass is 10.3. The molecule has 1 aliphatic rings. The van der Waals surface area contributed by atoms with Crippen LogP contribution in [0.4, 0.5) is 0 Å². The highest BCUT2D eigenvalue weighted by Gasteiger charge is 2.07. The third-order valence-corrected chi connectivity index (χ3v) is 1.81. The van der Waals surface area contributed by atoms with E-state index in [2.05, 4.69) is 29.6 Å². The average Bonchev–Trinajstić information content (AvgIpc) is 1.89. The zero-order valence-corrected chi connectivity index (χ0v) is 6.56. The Morgan fingerprint density at radius 2 is 2.56 bits per heavy atom. The van der Waals surface area contributed by atoms with Gasteiger partial charge in [0.05, 0.1) is 0 Å². The van der Waals surface area contributed by atoms with Gasteiger partial charge in [-0.15, -0.1) is 0 Å². The Hall–Kier alpha value is -0.180. The normalized spacial score (nSPS) is 19.8. The van der Waals surface area contributed by atoms with Gasteiger partial charge in [0, 0.05) is 25.9 Å². The standard InChI is InChI=1S/C6H12N2S/c1-8-4-2-3-7-6(8)5-9/h9H,2-5H2,1H3. The summed E-state index contributed by atoms with van der Waals surface area (Å²) in [6.45, 7) is 2.12. The van der Waals surface area contributed by atoms with Gasteiger partial charge in [-0.2, -0.15) is 12.6 Å². The first-order chi connectivity index (χ1) is 4.34. The second kappa shape index (κ2) is 3.11. The molecule has 0 fully saturated rings. The fraction of sp³-hybridized carbons (Fsp3) is 0.833. The Bertz CT molecular complexity index is 122. The second-order valence-electron chi connectivity index (χ2n) is 2.23. The minimum atomic E-state index is 0.774. The van der Waals surface area contributed by atoms with Gasteiger partial charge in [0.2, 0.25) is 0 Å². The highest BCUT2D eigenvalue weighted by atomic mass is 32.1. The summed E-state index contributed by atoms with van der Waals surface area (Å²) >= 11 is 4.15. The van der Waals surface area contributed by atoms with Crippen LogP contribution < -0.4 is 0 Å². The van der Waals surface area contributed by atoms with Crippen molar-refractivity contribution in [3.8, 4) is 0 Å². The van der Waals surface area contributed by atoms with Crippen molar-refractivity contribution in [2.24, 2.45) is 4.99 Å². The van der Waals surface area contributed by atoms with Crippen LogP contribution in [0.15, 0.2) is 4.99 Å². The van der Waals surface area contributed by atoms with Gasteiger partial charge < -0.3 is 4.90 Å². The maximum atomic E-state index is 4.30. The van der Waals surface area contributed by atoms with Crippen LogP contribution in [0.3, 0.4) is 0 Å². The van der Waals surface area contributed by atoms with E-state index < -0.39 is 0 Å². The number of nitrogens with zero attached hydrogens (tertiary/aromatic N) is 2. The third kappa shape index (κ3) is 1.61. The van der Waals surface area contributed by atoms with Crippen LogP contribution in [0.5, 0.6) is 0 Å². The smallest absolute Gasteiger partial charge is 0.108 e. The molecule has 0 atom stereocenters. The van der Waals surface area contributed by atoms with Crippen molar-refractivity contribution in [3.63, 3.8) is 0 Å². The van der Waals surface area contributed by atoms with Gasteiger partial charge in [0.25, 0.3) is 0 Å². The Morgan fingerprint density at radius 1 is 1.78 bits per heavy atom. The molecule has 0 aliphatic carbocycles. The monoisotopic (exact) mass is 144 g/mol. The van der Waals surface area contributed by atoms with Crippen LogP contribution in [-0.4, -0.2) is 36.6 Å². The lowest BCUT2D eigenvalue weighted by Gasteiger charge is -2.23. The van der Waals surface area contributed by atoms with Crippen molar-refractivity contribution in [2.75, 3.05) is 25.9 Å². The summed E-state index contributed by atoms with van der Waals surface area (Å²) < 4.78 is 0. The molecule has 2 nitrogen and oxygen atoms in total. The molecule has 0 unspecified atom stereocenters. The topological polar surface area (TPSA) is 15.6 Å². The average molecular weight is 144 g/mol. The maximum Gasteiger partial charge on any atom is 0.108 e. The van der Waals surface area contributed by atoms with Crippen molar-refractivity contribution in [1.82, 2.24) is 4.90 Å². The Kier molecular flexibility index (Phi) is 2.39. The molecule has 0 aromatic heterocycles. The first-order valence-corrected chi connectivity index (χ1v) is 3.83. The maximum absolute atomic E-state index is 4.30. The first kappa shape index (κ1) is 6.93.